The number of aromatic nitrogens is 3. The Morgan fingerprint density at radius 1 is 1.22 bits per heavy atom. The van der Waals surface area contributed by atoms with E-state index in [-0.39, 0.29) is 0 Å². The van der Waals surface area contributed by atoms with Crippen molar-refractivity contribution in [3.8, 4) is 0 Å². The van der Waals surface area contributed by atoms with Gasteiger partial charge in [0.15, 0.2) is 11.4 Å². The van der Waals surface area contributed by atoms with Crippen LogP contribution < -0.4 is 16.4 Å². The second-order valence-electron chi connectivity index (χ2n) is 7.58. The fourth-order valence-electron chi connectivity index (χ4n) is 3.80. The number of carboxylic acid groups (broad SMARTS) is 1. The van der Waals surface area contributed by atoms with Gasteiger partial charge in [0.1, 0.15) is 11.1 Å². The zero-order chi connectivity index (χ0) is 22.4. The van der Waals surface area contributed by atoms with Gasteiger partial charge in [-0.1, -0.05) is 23.7 Å². The summed E-state index contributed by atoms with van der Waals surface area (Å²) in [5, 5.41) is 16.1. The van der Waals surface area contributed by atoms with Gasteiger partial charge in [0.2, 0.25) is 5.95 Å². The van der Waals surface area contributed by atoms with E-state index in [2.05, 4.69) is 20.6 Å². The Kier molecular flexibility index (Phi) is 4.82. The summed E-state index contributed by atoms with van der Waals surface area (Å²) in [6, 6.07) is 10.3. The van der Waals surface area contributed by atoms with E-state index in [1.54, 1.807) is 6.07 Å². The maximum Gasteiger partial charge on any atom is 0.420 e. The van der Waals surface area contributed by atoms with Gasteiger partial charge in [0.05, 0.1) is 11.7 Å². The summed E-state index contributed by atoms with van der Waals surface area (Å²) in [5.74, 6) is -1.11. The molecule has 3 heterocycles. The first-order valence-electron chi connectivity index (χ1n) is 9.95. The van der Waals surface area contributed by atoms with Crippen molar-refractivity contribution >= 4 is 51.8 Å². The highest BCUT2D eigenvalue weighted by Gasteiger charge is 2.23. The van der Waals surface area contributed by atoms with Crippen molar-refractivity contribution in [2.24, 2.45) is 0 Å². The lowest BCUT2D eigenvalue weighted by atomic mass is 10.0. The Bertz CT molecular complexity index is 1430. The van der Waals surface area contributed by atoms with E-state index in [0.29, 0.717) is 46.4 Å². The number of nitrogens with one attached hydrogen (secondary N) is 2. The largest absolute Gasteiger partial charge is 0.480 e. The lowest BCUT2D eigenvalue weighted by Crippen LogP contribution is -2.24. The first-order valence-corrected chi connectivity index (χ1v) is 10.3. The molecule has 162 valence electrons. The molecule has 6 bridgehead atoms. The summed E-state index contributed by atoms with van der Waals surface area (Å²) in [5.41, 5.74) is 4.01. The van der Waals surface area contributed by atoms with Crippen LogP contribution in [-0.2, 0) is 17.6 Å². The molecule has 4 aromatic rings. The highest BCUT2D eigenvalue weighted by molar-refractivity contribution is 6.32. The lowest BCUT2D eigenvalue weighted by molar-refractivity contribution is -0.140. The van der Waals surface area contributed by atoms with Crippen LogP contribution in [0.25, 0.3) is 11.1 Å². The Labute approximate surface area is 186 Å². The maximum absolute atomic E-state index is 12.5. The molecule has 1 unspecified atom stereocenters. The van der Waals surface area contributed by atoms with E-state index in [9.17, 15) is 14.7 Å². The second kappa shape index (κ2) is 7.69. The Morgan fingerprint density at radius 3 is 2.88 bits per heavy atom. The van der Waals surface area contributed by atoms with Crippen molar-refractivity contribution in [3.05, 3.63) is 69.3 Å². The average Bonchev–Trinajstić information content (AvgIpc) is 3.09. The number of halogens is 1. The van der Waals surface area contributed by atoms with Crippen LogP contribution in [0.5, 0.6) is 0 Å². The van der Waals surface area contributed by atoms with Gasteiger partial charge in [-0.05, 0) is 55.2 Å². The number of aliphatic carboxylic acids is 1. The molecule has 0 saturated carbocycles. The monoisotopic (exact) mass is 451 g/mol. The number of aryl methyl sites for hydroxylation is 2. The van der Waals surface area contributed by atoms with Crippen LogP contribution in [-0.4, -0.2) is 25.6 Å². The molecule has 0 saturated heterocycles. The fourth-order valence-corrected chi connectivity index (χ4v) is 3.94. The number of nitrogens with zero attached hydrogens (tertiary/aromatic N) is 3. The number of anilines is 4. The highest BCUT2D eigenvalue weighted by Crippen LogP contribution is 2.31. The van der Waals surface area contributed by atoms with Crippen LogP contribution in [0.4, 0.5) is 23.1 Å². The minimum absolute atomic E-state index is 0.310. The smallest absolute Gasteiger partial charge is 0.420 e. The van der Waals surface area contributed by atoms with E-state index in [1.807, 2.05) is 30.3 Å². The minimum atomic E-state index is -1.13. The third kappa shape index (κ3) is 3.56. The molecule has 0 spiro atoms. The van der Waals surface area contributed by atoms with Gasteiger partial charge in [0, 0.05) is 11.4 Å². The SMILES string of the molecule is CC(C(=O)O)n1c(=O)oc2c3cc(cc21)Nc1nc(ncc1Cl)Nc1cccc(c1)CC3. The molecule has 2 aromatic carbocycles. The Hall–Kier alpha value is -3.85. The molecule has 32 heavy (non-hydrogen) atoms. The van der Waals surface area contributed by atoms with Crippen LogP contribution in [0.2, 0.25) is 5.02 Å². The molecular weight excluding hydrogens is 434 g/mol. The summed E-state index contributed by atoms with van der Waals surface area (Å²) in [7, 11) is 0. The highest BCUT2D eigenvalue weighted by atomic mass is 35.5. The molecule has 3 N–H and O–H groups in total. The molecule has 10 heteroatoms. The number of rotatable bonds is 2. The molecule has 5 rings (SSSR count). The third-order valence-corrected chi connectivity index (χ3v) is 5.69. The first kappa shape index (κ1) is 20.1. The molecule has 9 nitrogen and oxygen atoms in total. The van der Waals surface area contributed by atoms with Gasteiger partial charge in [-0.25, -0.2) is 14.6 Å². The van der Waals surface area contributed by atoms with Crippen LogP contribution in [0.1, 0.15) is 24.1 Å². The van der Waals surface area contributed by atoms with Crippen molar-refractivity contribution in [2.75, 3.05) is 10.6 Å². The fraction of sp³-hybridized carbons (Fsp3) is 0.182. The summed E-state index contributed by atoms with van der Waals surface area (Å²) in [4.78, 5) is 32.8. The molecule has 2 aromatic heterocycles. The van der Waals surface area contributed by atoms with Gasteiger partial charge < -0.3 is 20.2 Å². The van der Waals surface area contributed by atoms with Crippen LogP contribution in [0.3, 0.4) is 0 Å². The van der Waals surface area contributed by atoms with Crippen molar-refractivity contribution in [2.45, 2.75) is 25.8 Å². The topological polar surface area (TPSA) is 122 Å². The van der Waals surface area contributed by atoms with Gasteiger partial charge in [-0.3, -0.25) is 4.57 Å². The van der Waals surface area contributed by atoms with Gasteiger partial charge in [-0.15, -0.1) is 0 Å². The zero-order valence-electron chi connectivity index (χ0n) is 16.9. The normalized spacial score (nSPS) is 13.8. The predicted octanol–water partition coefficient (Wildman–Crippen LogP) is 4.27. The van der Waals surface area contributed by atoms with Crippen molar-refractivity contribution < 1.29 is 14.3 Å². The minimum Gasteiger partial charge on any atom is -0.480 e. The van der Waals surface area contributed by atoms with Gasteiger partial charge in [-0.2, -0.15) is 4.98 Å². The van der Waals surface area contributed by atoms with E-state index in [0.717, 1.165) is 21.4 Å². The molecule has 0 radical (unpaired) electrons. The number of carbonyl (C=O) groups is 1. The van der Waals surface area contributed by atoms with E-state index < -0.39 is 17.8 Å². The predicted molar refractivity (Wildman–Crippen MR) is 120 cm³/mol. The number of benzene rings is 2. The summed E-state index contributed by atoms with van der Waals surface area (Å²) in [6.07, 6.45) is 2.74. The van der Waals surface area contributed by atoms with E-state index in [4.69, 9.17) is 16.0 Å². The Morgan fingerprint density at radius 2 is 2.06 bits per heavy atom. The van der Waals surface area contributed by atoms with E-state index in [1.165, 1.54) is 13.1 Å². The zero-order valence-corrected chi connectivity index (χ0v) is 17.7. The van der Waals surface area contributed by atoms with Crippen molar-refractivity contribution in [1.82, 2.24) is 14.5 Å². The average molecular weight is 452 g/mol. The summed E-state index contributed by atoms with van der Waals surface area (Å²) in [6.45, 7) is 1.44. The van der Waals surface area contributed by atoms with Crippen LogP contribution >= 0.6 is 11.6 Å². The van der Waals surface area contributed by atoms with Crippen molar-refractivity contribution in [1.29, 1.82) is 0 Å². The number of fused-ring (bicyclic) bond motifs is 8. The molecular formula is C22H18ClN5O4. The Balaban J connectivity index is 1.74. The summed E-state index contributed by atoms with van der Waals surface area (Å²) >= 11 is 6.31. The van der Waals surface area contributed by atoms with Crippen LogP contribution in [0, 0.1) is 0 Å². The number of hydrogen-bond acceptors (Lipinski definition) is 7. The second-order valence-corrected chi connectivity index (χ2v) is 7.98. The lowest BCUT2D eigenvalue weighted by Gasteiger charge is -2.12. The number of carboxylic acids is 1. The first-order chi connectivity index (χ1) is 15.4. The van der Waals surface area contributed by atoms with Crippen molar-refractivity contribution in [3.63, 3.8) is 0 Å². The summed E-state index contributed by atoms with van der Waals surface area (Å²) < 4.78 is 6.64. The molecule has 1 aliphatic heterocycles. The number of oxazole rings is 1. The molecule has 0 amide bonds. The molecule has 0 aliphatic carbocycles. The van der Waals surface area contributed by atoms with Gasteiger partial charge >= 0.3 is 11.7 Å². The third-order valence-electron chi connectivity index (χ3n) is 5.41. The van der Waals surface area contributed by atoms with Crippen LogP contribution in [0.15, 0.2) is 51.8 Å². The molecule has 1 atom stereocenters. The molecule has 1 aliphatic rings. The number of hydrogen-bond donors (Lipinski definition) is 3. The molecule has 0 fully saturated rings. The van der Waals surface area contributed by atoms with E-state index >= 15 is 0 Å². The maximum atomic E-state index is 12.5. The standard InChI is InChI=1S/C22H18ClN5O4/c1-11(20(29)30)28-17-9-15-8-13(18(17)32-22(28)31)6-5-12-3-2-4-14(7-12)26-21-24-10-16(23)19(25-15)27-21/h2-4,7-11H,5-6H2,1H3,(H,29,30)(H2,24,25,26,27). The van der Waals surface area contributed by atoms with Gasteiger partial charge in [0.25, 0.3) is 0 Å². The quantitative estimate of drug-likeness (QED) is 0.413.